The molecule has 2 N–H and O–H groups in total. The number of hydrogen-bond donors (Lipinski definition) is 1. The second-order valence-electron chi connectivity index (χ2n) is 8.27. The Balaban J connectivity index is 4.16. The molecule has 0 aromatic heterocycles. The molecule has 0 aromatic carbocycles. The molecule has 0 saturated heterocycles. The number of hydrogen-bond acceptors (Lipinski definition) is 2. The molecule has 0 spiro atoms. The minimum atomic E-state index is 0.296. The molecule has 0 aliphatic rings. The van der Waals surface area contributed by atoms with Crippen molar-refractivity contribution in [1.29, 1.82) is 0 Å². The Morgan fingerprint density at radius 2 is 1.28 bits per heavy atom. The summed E-state index contributed by atoms with van der Waals surface area (Å²) in [5.74, 6) is 2.11. The van der Waals surface area contributed by atoms with Gasteiger partial charge in [-0.2, -0.15) is 0 Å². The van der Waals surface area contributed by atoms with Crippen molar-refractivity contribution in [1.82, 2.24) is 0 Å². The summed E-state index contributed by atoms with van der Waals surface area (Å²) in [6.07, 6.45) is 19.1. The van der Waals surface area contributed by atoms with Gasteiger partial charge in [0.2, 0.25) is 0 Å². The summed E-state index contributed by atoms with van der Waals surface area (Å²) in [6.45, 7) is 8.93. The minimum absolute atomic E-state index is 0.296. The Bertz CT molecular complexity index is 290. The van der Waals surface area contributed by atoms with Crippen LogP contribution in [0.15, 0.2) is 0 Å². The molecule has 0 radical (unpaired) electrons. The van der Waals surface area contributed by atoms with Gasteiger partial charge >= 0.3 is 0 Å². The van der Waals surface area contributed by atoms with E-state index in [0.29, 0.717) is 12.0 Å². The van der Waals surface area contributed by atoms with E-state index >= 15 is 0 Å². The molecule has 0 aromatic rings. The second kappa shape index (κ2) is 17.1. The Morgan fingerprint density at radius 1 is 0.720 bits per heavy atom. The predicted molar refractivity (Wildman–Crippen MR) is 112 cm³/mol. The van der Waals surface area contributed by atoms with Crippen molar-refractivity contribution in [3.05, 3.63) is 0 Å². The summed E-state index contributed by atoms with van der Waals surface area (Å²) >= 11 is 0. The average molecular weight is 354 g/mol. The largest absolute Gasteiger partial charge is 0.328 e. The van der Waals surface area contributed by atoms with Crippen molar-refractivity contribution < 1.29 is 4.79 Å². The van der Waals surface area contributed by atoms with Gasteiger partial charge in [-0.25, -0.2) is 0 Å². The Labute approximate surface area is 158 Å². The molecule has 3 unspecified atom stereocenters. The van der Waals surface area contributed by atoms with Crippen molar-refractivity contribution in [3.8, 4) is 0 Å². The number of carbonyl (C=O) groups is 1. The van der Waals surface area contributed by atoms with E-state index in [1.807, 2.05) is 0 Å². The summed E-state index contributed by atoms with van der Waals surface area (Å²) in [7, 11) is 0. The third kappa shape index (κ3) is 13.5. The van der Waals surface area contributed by atoms with E-state index in [0.717, 1.165) is 31.0 Å². The standard InChI is InChI=1S/C23H47NO/c1-5-8-16-23(18-13-12-14-20(4)24)22(7-3)17-11-9-10-15-21(6-2)19-25/h19-23H,5-18,24H2,1-4H3/t20-,21?,22?,23?/m1/s1. The molecule has 0 saturated carbocycles. The van der Waals surface area contributed by atoms with Gasteiger partial charge in [0.1, 0.15) is 6.29 Å². The molecule has 0 amide bonds. The highest BCUT2D eigenvalue weighted by Crippen LogP contribution is 2.31. The van der Waals surface area contributed by atoms with Crippen molar-refractivity contribution in [2.24, 2.45) is 23.5 Å². The Hall–Kier alpha value is -0.370. The van der Waals surface area contributed by atoms with Crippen LogP contribution in [0.1, 0.15) is 118 Å². The van der Waals surface area contributed by atoms with E-state index in [9.17, 15) is 4.79 Å². The molecule has 0 fully saturated rings. The number of nitrogens with two attached hydrogens (primary N) is 1. The summed E-state index contributed by atoms with van der Waals surface area (Å²) in [5.41, 5.74) is 5.89. The number of unbranched alkanes of at least 4 members (excludes halogenated alkanes) is 4. The van der Waals surface area contributed by atoms with Crippen LogP contribution in [0.25, 0.3) is 0 Å². The molecule has 150 valence electrons. The van der Waals surface area contributed by atoms with E-state index < -0.39 is 0 Å². The first-order chi connectivity index (χ1) is 12.1. The van der Waals surface area contributed by atoms with Crippen LogP contribution in [-0.2, 0) is 4.79 Å². The highest BCUT2D eigenvalue weighted by Gasteiger charge is 2.19. The number of aldehydes is 1. The minimum Gasteiger partial charge on any atom is -0.328 e. The van der Waals surface area contributed by atoms with Crippen LogP contribution < -0.4 is 5.73 Å². The lowest BCUT2D eigenvalue weighted by Crippen LogP contribution is -2.16. The maximum Gasteiger partial charge on any atom is 0.123 e. The third-order valence-electron chi connectivity index (χ3n) is 5.97. The molecule has 4 atom stereocenters. The molecule has 0 aliphatic carbocycles. The molecule has 2 heteroatoms. The number of rotatable bonds is 18. The van der Waals surface area contributed by atoms with Gasteiger partial charge in [-0.3, -0.25) is 0 Å². The van der Waals surface area contributed by atoms with Gasteiger partial charge in [0.25, 0.3) is 0 Å². The average Bonchev–Trinajstić information content (AvgIpc) is 2.61. The Morgan fingerprint density at radius 3 is 1.84 bits per heavy atom. The number of carbonyl (C=O) groups excluding carboxylic acids is 1. The zero-order valence-electron chi connectivity index (χ0n) is 17.8. The monoisotopic (exact) mass is 353 g/mol. The van der Waals surface area contributed by atoms with E-state index in [4.69, 9.17) is 5.73 Å². The fraction of sp³-hybridized carbons (Fsp3) is 0.957. The fourth-order valence-corrected chi connectivity index (χ4v) is 4.09. The maximum atomic E-state index is 10.9. The van der Waals surface area contributed by atoms with Crippen molar-refractivity contribution in [2.75, 3.05) is 0 Å². The Kier molecular flexibility index (Phi) is 16.8. The van der Waals surface area contributed by atoms with Crippen LogP contribution in [0, 0.1) is 17.8 Å². The molecule has 0 aliphatic heterocycles. The zero-order chi connectivity index (χ0) is 18.9. The van der Waals surface area contributed by atoms with Crippen LogP contribution in [-0.4, -0.2) is 12.3 Å². The lowest BCUT2D eigenvalue weighted by Gasteiger charge is -2.27. The van der Waals surface area contributed by atoms with Crippen LogP contribution in [0.2, 0.25) is 0 Å². The lowest BCUT2D eigenvalue weighted by atomic mass is 9.79. The maximum absolute atomic E-state index is 10.9. The lowest BCUT2D eigenvalue weighted by molar-refractivity contribution is -0.111. The highest BCUT2D eigenvalue weighted by molar-refractivity contribution is 5.53. The topological polar surface area (TPSA) is 43.1 Å². The van der Waals surface area contributed by atoms with Gasteiger partial charge in [0.05, 0.1) is 0 Å². The van der Waals surface area contributed by atoms with Crippen LogP contribution >= 0.6 is 0 Å². The van der Waals surface area contributed by atoms with Crippen molar-refractivity contribution >= 4 is 6.29 Å². The van der Waals surface area contributed by atoms with E-state index in [1.165, 1.54) is 77.0 Å². The van der Waals surface area contributed by atoms with Crippen LogP contribution in [0.4, 0.5) is 0 Å². The highest BCUT2D eigenvalue weighted by atomic mass is 16.1. The van der Waals surface area contributed by atoms with Gasteiger partial charge < -0.3 is 10.5 Å². The molecular weight excluding hydrogens is 306 g/mol. The quantitative estimate of drug-likeness (QED) is 0.215. The SMILES string of the molecule is CCCCC(CCCC[C@@H](C)N)C(CC)CCCCCC(C=O)CC. The summed E-state index contributed by atoms with van der Waals surface area (Å²) in [4.78, 5) is 10.9. The van der Waals surface area contributed by atoms with Gasteiger partial charge in [-0.15, -0.1) is 0 Å². The van der Waals surface area contributed by atoms with E-state index in [2.05, 4.69) is 27.7 Å². The van der Waals surface area contributed by atoms with Gasteiger partial charge in [-0.1, -0.05) is 91.4 Å². The molecule has 0 heterocycles. The van der Waals surface area contributed by atoms with Crippen molar-refractivity contribution in [2.45, 2.75) is 124 Å². The van der Waals surface area contributed by atoms with E-state index in [1.54, 1.807) is 0 Å². The van der Waals surface area contributed by atoms with Gasteiger partial charge in [0.15, 0.2) is 0 Å². The normalized spacial score (nSPS) is 16.4. The summed E-state index contributed by atoms with van der Waals surface area (Å²) in [5, 5.41) is 0. The second-order valence-corrected chi connectivity index (χ2v) is 8.27. The molecule has 0 rings (SSSR count). The van der Waals surface area contributed by atoms with Crippen LogP contribution in [0.5, 0.6) is 0 Å². The van der Waals surface area contributed by atoms with Gasteiger partial charge in [0, 0.05) is 12.0 Å². The fourth-order valence-electron chi connectivity index (χ4n) is 4.09. The molecule has 0 bridgehead atoms. The first-order valence-electron chi connectivity index (χ1n) is 11.3. The zero-order valence-corrected chi connectivity index (χ0v) is 17.8. The third-order valence-corrected chi connectivity index (χ3v) is 5.97. The molecular formula is C23H47NO. The van der Waals surface area contributed by atoms with Crippen LogP contribution in [0.3, 0.4) is 0 Å². The molecule has 2 nitrogen and oxygen atoms in total. The predicted octanol–water partition coefficient (Wildman–Crippen LogP) is 6.90. The van der Waals surface area contributed by atoms with E-state index in [-0.39, 0.29) is 0 Å². The van der Waals surface area contributed by atoms with Crippen molar-refractivity contribution in [3.63, 3.8) is 0 Å². The summed E-state index contributed by atoms with van der Waals surface area (Å²) in [6, 6.07) is 0.356. The first-order valence-corrected chi connectivity index (χ1v) is 11.3. The smallest absolute Gasteiger partial charge is 0.123 e. The first kappa shape index (κ1) is 24.6. The van der Waals surface area contributed by atoms with Gasteiger partial charge in [-0.05, 0) is 38.0 Å². The summed E-state index contributed by atoms with van der Waals surface area (Å²) < 4.78 is 0. The molecule has 25 heavy (non-hydrogen) atoms.